The molecule has 0 nitrogen and oxygen atoms in total. The molecular weight excluding hydrogens is 1750 g/mol. The summed E-state index contributed by atoms with van der Waals surface area (Å²) >= 11 is 29.9. The first-order valence-corrected chi connectivity index (χ1v) is 59.4. The average molecular weight is 1850 g/mol. The Labute approximate surface area is 610 Å². The number of thiophene rings is 8. The van der Waals surface area contributed by atoms with Gasteiger partial charge in [0.05, 0.1) is 18.9 Å². The summed E-state index contributed by atoms with van der Waals surface area (Å²) < 4.78 is 9.49. The van der Waals surface area contributed by atoms with E-state index in [2.05, 4.69) is 212 Å². The molecule has 8 aromatic heterocycles. The van der Waals surface area contributed by atoms with Crippen molar-refractivity contribution in [3.8, 4) is 39.0 Å². The van der Waals surface area contributed by atoms with Gasteiger partial charge in [-0.2, -0.15) is 0 Å². The van der Waals surface area contributed by atoms with Crippen LogP contribution in [0.25, 0.3) is 39.0 Å². The summed E-state index contributed by atoms with van der Waals surface area (Å²) in [4.78, 5) is 25.3. The summed E-state index contributed by atoms with van der Waals surface area (Å²) in [5.74, 6) is 1.70. The first-order valence-electron chi connectivity index (χ1n) is 31.8. The maximum absolute atomic E-state index is 3.74. The molecule has 0 aliphatic carbocycles. The fourth-order valence-corrected chi connectivity index (χ4v) is 31.7. The van der Waals surface area contributed by atoms with Gasteiger partial charge >= 0.3 is 125 Å². The Morgan fingerprint density at radius 3 is 1.19 bits per heavy atom. The molecule has 2 atom stereocenters. The van der Waals surface area contributed by atoms with Gasteiger partial charge in [-0.05, 0) is 183 Å². The molecule has 0 amide bonds. The van der Waals surface area contributed by atoms with Crippen LogP contribution in [0.2, 0.25) is 24.7 Å². The Kier molecular flexibility index (Phi) is 41.8. The molecule has 0 bridgehead atoms. The van der Waals surface area contributed by atoms with Gasteiger partial charge in [0.1, 0.15) is 0 Å². The number of hydrogen-bond acceptors (Lipinski definition) is 8. The van der Waals surface area contributed by atoms with Crippen molar-refractivity contribution in [3.63, 3.8) is 0 Å². The molecule has 475 valence electrons. The van der Waals surface area contributed by atoms with E-state index in [1.165, 1.54) is 235 Å². The predicted molar refractivity (Wildman–Crippen MR) is 428 cm³/mol. The van der Waals surface area contributed by atoms with Crippen molar-refractivity contribution in [2.75, 3.05) is 0 Å². The van der Waals surface area contributed by atoms with Crippen LogP contribution in [0.5, 0.6) is 0 Å². The molecule has 86 heavy (non-hydrogen) atoms. The second kappa shape index (κ2) is 45.0. The van der Waals surface area contributed by atoms with Crippen LogP contribution in [-0.4, -0.2) is 38.1 Å². The number of hydrogen-bond donors (Lipinski definition) is 0. The monoisotopic (exact) mass is 1840 g/mol. The van der Waals surface area contributed by atoms with Crippen LogP contribution in [0.1, 0.15) is 198 Å². The van der Waals surface area contributed by atoms with Crippen molar-refractivity contribution in [2.45, 2.75) is 226 Å². The molecule has 0 spiro atoms. The molecule has 8 rings (SSSR count). The molecule has 0 saturated heterocycles. The number of unbranched alkanes of at least 4 members (excludes halogenated alkanes) is 16. The molecule has 2 unspecified atom stereocenters. The third-order valence-electron chi connectivity index (χ3n) is 15.3. The van der Waals surface area contributed by atoms with Crippen LogP contribution in [0.4, 0.5) is 0 Å². The minimum atomic E-state index is -1.84. The first kappa shape index (κ1) is 79.9. The van der Waals surface area contributed by atoms with Crippen molar-refractivity contribution < 1.29 is 0 Å². The molecule has 0 aromatic carbocycles. The summed E-state index contributed by atoms with van der Waals surface area (Å²) in [7, 11) is 0. The summed E-state index contributed by atoms with van der Waals surface area (Å²) in [6.07, 6.45) is 36.1. The quantitative estimate of drug-likeness (QED) is 0.0214. The summed E-state index contributed by atoms with van der Waals surface area (Å²) in [6, 6.07) is 31.9. The molecule has 1 radical (unpaired) electrons. The molecule has 0 saturated carbocycles. The Morgan fingerprint density at radius 2 is 0.767 bits per heavy atom. The zero-order chi connectivity index (χ0) is 61.6. The number of halogens is 5. The Hall–Kier alpha value is 1.47. The van der Waals surface area contributed by atoms with Crippen molar-refractivity contribution in [1.29, 1.82) is 0 Å². The maximum atomic E-state index is 3.74. The SMILES string of the molecule is Brc1ccc(Br)s1.CCCCCCCCC(CCCCCC)Cc1cc(Br)sc1Br.CCCCCCCCC(CCCCCC)Cc1cc(C)sc1-c1ccc(-c2ccc(-c3ccc(Br)s3)s2)s1.[CH3+].[CH3][Sn]([CH3])[c]1ccc(-c2cc[c]([Sn]([CH3])([CH3])[CH3])s2)s1. The Morgan fingerprint density at radius 1 is 0.384 bits per heavy atom. The van der Waals surface area contributed by atoms with E-state index in [0.29, 0.717) is 0 Å². The van der Waals surface area contributed by atoms with Gasteiger partial charge in [0, 0.05) is 41.6 Å². The van der Waals surface area contributed by atoms with Crippen LogP contribution < -0.4 is 5.79 Å². The standard InChI is InChI=1S/C33H43BrS4.C20H34Br2S.C8H4S2.C4H2Br2S.6CH3.2Sn/c1-4-6-8-10-11-13-15-25(14-12-9-7-5-2)23-26-22-24(3)35-33(26)31-19-18-28(37-31)27-16-17-29(36-27)30-20-21-32(34)38-30;1-3-5-7-9-10-12-14-17(13-11-8-6-4-2)15-18-16-19(21)23-20(18)22;1-3-7(9-5-1)8-4-2-6-10-8;5-3-1-2-4(6)7-3;;;;;;;;/h16-22,25H,4-15,23H2,1-3H3;16-17H,3-15H2,1-2H3;1-4H;1-2H;6*1H3;;/q;;;;;;;;;+1;;. The van der Waals surface area contributed by atoms with Crippen LogP contribution in [0, 0.1) is 26.2 Å². The van der Waals surface area contributed by atoms with Crippen molar-refractivity contribution in [3.05, 3.63) is 127 Å². The third kappa shape index (κ3) is 30.5. The number of aryl methyl sites for hydroxylation is 1. The van der Waals surface area contributed by atoms with E-state index in [1.54, 1.807) is 22.7 Å². The van der Waals surface area contributed by atoms with E-state index in [4.69, 9.17) is 0 Å². The van der Waals surface area contributed by atoms with Crippen LogP contribution >= 0.6 is 170 Å². The Balaban J connectivity index is 0.000000279. The van der Waals surface area contributed by atoms with E-state index in [0.717, 1.165) is 11.8 Å². The van der Waals surface area contributed by atoms with E-state index in [9.17, 15) is 0 Å². The van der Waals surface area contributed by atoms with Gasteiger partial charge in [0.15, 0.2) is 0 Å². The average Bonchev–Trinajstić information content (AvgIpc) is 2.66. The predicted octanol–water partition coefficient (Wildman–Crippen LogP) is 30.7. The van der Waals surface area contributed by atoms with E-state index >= 15 is 0 Å². The van der Waals surface area contributed by atoms with Crippen molar-refractivity contribution in [1.82, 2.24) is 0 Å². The van der Waals surface area contributed by atoms with Crippen molar-refractivity contribution in [2.24, 2.45) is 11.8 Å². The van der Waals surface area contributed by atoms with Crippen LogP contribution in [-0.2, 0) is 12.8 Å². The molecule has 0 aliphatic heterocycles. The second-order valence-corrected chi connectivity index (χ2v) is 63.4. The molecule has 8 aromatic rings. The second-order valence-electron chi connectivity index (χ2n) is 24.1. The van der Waals surface area contributed by atoms with Gasteiger partial charge < -0.3 is 0 Å². The summed E-state index contributed by atoms with van der Waals surface area (Å²) in [5, 5.41) is 0. The zero-order valence-electron chi connectivity index (χ0n) is 53.8. The summed E-state index contributed by atoms with van der Waals surface area (Å²) in [6.45, 7) is 11.5. The zero-order valence-corrected chi connectivity index (χ0v) is 73.9. The first-order chi connectivity index (χ1) is 40.9. The molecule has 15 heteroatoms. The minimum absolute atomic E-state index is 0. The topological polar surface area (TPSA) is 0 Å². The Bertz CT molecular complexity index is 2990. The molecular formula is C71H101Br5S8Sn2+. The fourth-order valence-electron chi connectivity index (χ4n) is 10.5. The fraction of sp³-hybridized carbons (Fsp3) is 0.535. The summed E-state index contributed by atoms with van der Waals surface area (Å²) in [5.41, 5.74) is 3.11. The number of rotatable bonds is 34. The van der Waals surface area contributed by atoms with E-state index < -0.39 is 38.1 Å². The molecule has 0 N–H and O–H groups in total. The third-order valence-corrected chi connectivity index (χ3v) is 43.9. The van der Waals surface area contributed by atoms with Gasteiger partial charge in [0.25, 0.3) is 0 Å². The van der Waals surface area contributed by atoms with Crippen LogP contribution in [0.15, 0.2) is 104 Å². The van der Waals surface area contributed by atoms with Gasteiger partial charge in [-0.15, -0.1) is 68.0 Å². The molecule has 0 aliphatic rings. The van der Waals surface area contributed by atoms with E-state index in [1.807, 2.05) is 91.5 Å². The van der Waals surface area contributed by atoms with Crippen molar-refractivity contribution >= 4 is 214 Å². The normalized spacial score (nSPS) is 12.1. The molecule has 8 heterocycles. The molecule has 0 fully saturated rings. The van der Waals surface area contributed by atoms with Gasteiger partial charge in [0.2, 0.25) is 0 Å². The van der Waals surface area contributed by atoms with Gasteiger partial charge in [-0.3, -0.25) is 0 Å². The van der Waals surface area contributed by atoms with Gasteiger partial charge in [-0.1, -0.05) is 182 Å². The van der Waals surface area contributed by atoms with E-state index in [-0.39, 0.29) is 7.43 Å². The van der Waals surface area contributed by atoms with Crippen LogP contribution in [0.3, 0.4) is 0 Å². The van der Waals surface area contributed by atoms with Gasteiger partial charge in [-0.25, -0.2) is 0 Å².